The van der Waals surface area contributed by atoms with Gasteiger partial charge in [0, 0.05) is 11.5 Å². The smallest absolute Gasteiger partial charge is 0.0249 e. The van der Waals surface area contributed by atoms with Crippen molar-refractivity contribution in [2.45, 2.75) is 90.9 Å². The maximum atomic E-state index is 3.44. The lowest BCUT2D eigenvalue weighted by molar-refractivity contribution is 0.294. The summed E-state index contributed by atoms with van der Waals surface area (Å²) >= 11 is 0. The Morgan fingerprint density at radius 2 is 1.50 bits per heavy atom. The van der Waals surface area contributed by atoms with E-state index in [1.807, 2.05) is 12.2 Å². The molecule has 0 atom stereocenters. The van der Waals surface area contributed by atoms with Crippen molar-refractivity contribution in [3.8, 4) is 23.7 Å². The second-order valence-corrected chi connectivity index (χ2v) is 8.26. The van der Waals surface area contributed by atoms with Gasteiger partial charge in [-0.25, -0.2) is 0 Å². The Hall–Kier alpha value is -1.92. The predicted octanol–water partition coefficient (Wildman–Crippen LogP) is 7.72. The molecule has 0 heteroatoms. The third kappa shape index (κ3) is 9.33. The molecule has 0 aliphatic heterocycles. The van der Waals surface area contributed by atoms with Crippen LogP contribution >= 0.6 is 0 Å². The molecular weight excluding hydrogens is 336 g/mol. The zero-order valence-electron chi connectivity index (χ0n) is 18.1. The molecule has 0 bridgehead atoms. The van der Waals surface area contributed by atoms with Crippen LogP contribution in [0.4, 0.5) is 0 Å². The Morgan fingerprint density at radius 3 is 2.21 bits per heavy atom. The summed E-state index contributed by atoms with van der Waals surface area (Å²) in [4.78, 5) is 0. The first-order valence-corrected chi connectivity index (χ1v) is 11.6. The summed E-state index contributed by atoms with van der Waals surface area (Å²) in [6.45, 7) is 4.53. The van der Waals surface area contributed by atoms with Crippen molar-refractivity contribution in [1.29, 1.82) is 0 Å². The Labute approximate surface area is 174 Å². The van der Waals surface area contributed by atoms with E-state index in [4.69, 9.17) is 0 Å². The average molecular weight is 375 g/mol. The number of aryl methyl sites for hydroxylation is 1. The van der Waals surface area contributed by atoms with Crippen LogP contribution in [0.1, 0.15) is 95.6 Å². The highest BCUT2D eigenvalue weighted by atomic mass is 14.2. The lowest BCUT2D eigenvalue weighted by Crippen LogP contribution is -2.13. The monoisotopic (exact) mass is 374 g/mol. The molecule has 2 rings (SSSR count). The van der Waals surface area contributed by atoms with E-state index in [0.29, 0.717) is 5.92 Å². The van der Waals surface area contributed by atoms with Crippen LogP contribution in [0.3, 0.4) is 0 Å². The fourth-order valence-electron chi connectivity index (χ4n) is 3.99. The van der Waals surface area contributed by atoms with Crippen molar-refractivity contribution >= 4 is 0 Å². The van der Waals surface area contributed by atoms with E-state index in [-0.39, 0.29) is 0 Å². The Bertz CT molecular complexity index is 676. The molecule has 1 aliphatic rings. The highest BCUT2D eigenvalue weighted by molar-refractivity contribution is 5.39. The SMILES string of the molecule is CCCCCc1ccc(C#C/C=C/C#CC2CCC(CCCCC)CC2)cc1. The topological polar surface area (TPSA) is 0 Å². The van der Waals surface area contributed by atoms with Gasteiger partial charge in [-0.05, 0) is 74.3 Å². The van der Waals surface area contributed by atoms with Crippen molar-refractivity contribution in [2.75, 3.05) is 0 Å². The molecule has 0 nitrogen and oxygen atoms in total. The zero-order chi connectivity index (χ0) is 19.9. The molecule has 1 aromatic rings. The molecule has 0 spiro atoms. The minimum Gasteiger partial charge on any atom is -0.0951 e. The molecule has 28 heavy (non-hydrogen) atoms. The normalized spacial score (nSPS) is 18.9. The molecular formula is C28H38. The third-order valence-electron chi connectivity index (χ3n) is 5.84. The quantitative estimate of drug-likeness (QED) is 0.323. The number of unbranched alkanes of at least 4 members (excludes halogenated alkanes) is 4. The minimum atomic E-state index is 0.597. The molecule has 0 radical (unpaired) electrons. The van der Waals surface area contributed by atoms with Crippen LogP contribution in [0.25, 0.3) is 0 Å². The zero-order valence-corrected chi connectivity index (χ0v) is 18.1. The van der Waals surface area contributed by atoms with Gasteiger partial charge in [0.2, 0.25) is 0 Å². The predicted molar refractivity (Wildman–Crippen MR) is 123 cm³/mol. The summed E-state index contributed by atoms with van der Waals surface area (Å²) in [7, 11) is 0. The second-order valence-electron chi connectivity index (χ2n) is 8.26. The molecule has 150 valence electrons. The summed E-state index contributed by atoms with van der Waals surface area (Å²) in [6, 6.07) is 8.68. The van der Waals surface area contributed by atoms with Crippen LogP contribution in [0.15, 0.2) is 36.4 Å². The largest absolute Gasteiger partial charge is 0.0951 e. The van der Waals surface area contributed by atoms with E-state index in [1.54, 1.807) is 0 Å². The summed E-state index contributed by atoms with van der Waals surface area (Å²) in [5.74, 6) is 14.5. The molecule has 0 heterocycles. The number of hydrogen-bond acceptors (Lipinski definition) is 0. The van der Waals surface area contributed by atoms with Gasteiger partial charge < -0.3 is 0 Å². The van der Waals surface area contributed by atoms with Gasteiger partial charge in [-0.15, -0.1) is 0 Å². The first-order valence-electron chi connectivity index (χ1n) is 11.6. The Balaban J connectivity index is 1.68. The molecule has 0 amide bonds. The highest BCUT2D eigenvalue weighted by Crippen LogP contribution is 2.31. The molecule has 0 unspecified atom stereocenters. The Morgan fingerprint density at radius 1 is 0.821 bits per heavy atom. The van der Waals surface area contributed by atoms with E-state index < -0.39 is 0 Å². The fourth-order valence-corrected chi connectivity index (χ4v) is 3.99. The first kappa shape index (κ1) is 22.4. The van der Waals surface area contributed by atoms with Crippen LogP contribution in [0.2, 0.25) is 0 Å². The van der Waals surface area contributed by atoms with Crippen molar-refractivity contribution in [3.63, 3.8) is 0 Å². The molecule has 1 aromatic carbocycles. The van der Waals surface area contributed by atoms with Crippen LogP contribution in [-0.4, -0.2) is 0 Å². The second kappa shape index (κ2) is 14.1. The third-order valence-corrected chi connectivity index (χ3v) is 5.84. The Kier molecular flexibility index (Phi) is 11.3. The molecule has 1 saturated carbocycles. The molecule has 0 aromatic heterocycles. The van der Waals surface area contributed by atoms with Crippen molar-refractivity contribution in [3.05, 3.63) is 47.5 Å². The van der Waals surface area contributed by atoms with Gasteiger partial charge in [0.1, 0.15) is 0 Å². The summed E-state index contributed by atoms with van der Waals surface area (Å²) in [6.07, 6.45) is 19.8. The van der Waals surface area contributed by atoms with Crippen LogP contribution < -0.4 is 0 Å². The maximum absolute atomic E-state index is 3.44. The van der Waals surface area contributed by atoms with Gasteiger partial charge in [-0.3, -0.25) is 0 Å². The van der Waals surface area contributed by atoms with Crippen LogP contribution in [0, 0.1) is 35.5 Å². The van der Waals surface area contributed by atoms with E-state index in [1.165, 1.54) is 82.6 Å². The fraction of sp³-hybridized carbons (Fsp3) is 0.571. The van der Waals surface area contributed by atoms with E-state index >= 15 is 0 Å². The van der Waals surface area contributed by atoms with Crippen molar-refractivity contribution in [2.24, 2.45) is 11.8 Å². The first-order chi connectivity index (χ1) is 13.8. The summed E-state index contributed by atoms with van der Waals surface area (Å²) in [5, 5.41) is 0. The lowest BCUT2D eigenvalue weighted by Gasteiger charge is -2.25. The van der Waals surface area contributed by atoms with Gasteiger partial charge in [-0.2, -0.15) is 0 Å². The lowest BCUT2D eigenvalue weighted by atomic mass is 9.80. The van der Waals surface area contributed by atoms with Crippen LogP contribution in [0.5, 0.6) is 0 Å². The van der Waals surface area contributed by atoms with Gasteiger partial charge >= 0.3 is 0 Å². The summed E-state index contributed by atoms with van der Waals surface area (Å²) in [5.41, 5.74) is 2.50. The number of allylic oxidation sites excluding steroid dienone is 2. The molecule has 1 fully saturated rings. The van der Waals surface area contributed by atoms with E-state index in [0.717, 1.165) is 11.5 Å². The standard InChI is InChI=1S/C28H38/c1-3-5-9-13-25-17-21-27(22-18-25)15-11-7-8-12-16-28-23-19-26(20-24-28)14-10-6-4-2/h7-8,17-18,21-22,26,28H,3-6,9-10,13-14,19-20,23-24H2,1-2H3/b8-7+. The summed E-state index contributed by atoms with van der Waals surface area (Å²) < 4.78 is 0. The van der Waals surface area contributed by atoms with E-state index in [2.05, 4.69) is 61.8 Å². The van der Waals surface area contributed by atoms with Crippen molar-refractivity contribution < 1.29 is 0 Å². The molecule has 0 saturated heterocycles. The van der Waals surface area contributed by atoms with Gasteiger partial charge in [0.05, 0.1) is 0 Å². The van der Waals surface area contributed by atoms with Gasteiger partial charge in [-0.1, -0.05) is 88.2 Å². The van der Waals surface area contributed by atoms with Crippen molar-refractivity contribution in [1.82, 2.24) is 0 Å². The number of benzene rings is 1. The molecule has 1 aliphatic carbocycles. The number of hydrogen-bond donors (Lipinski definition) is 0. The van der Waals surface area contributed by atoms with Gasteiger partial charge in [0.15, 0.2) is 0 Å². The average Bonchev–Trinajstić information content (AvgIpc) is 2.73. The van der Waals surface area contributed by atoms with Crippen LogP contribution in [-0.2, 0) is 6.42 Å². The van der Waals surface area contributed by atoms with Gasteiger partial charge in [0.25, 0.3) is 0 Å². The maximum Gasteiger partial charge on any atom is 0.0249 e. The molecule has 0 N–H and O–H groups in total. The van der Waals surface area contributed by atoms with E-state index in [9.17, 15) is 0 Å². The number of rotatable bonds is 8. The highest BCUT2D eigenvalue weighted by Gasteiger charge is 2.19. The minimum absolute atomic E-state index is 0.597.